The van der Waals surface area contributed by atoms with Gasteiger partial charge in [-0.2, -0.15) is 0 Å². The molecule has 0 aliphatic heterocycles. The average molecular weight is 385 g/mol. The highest BCUT2D eigenvalue weighted by atomic mass is 31.2. The number of carbonyl (C=O) groups is 2. The molecule has 0 aliphatic rings. The van der Waals surface area contributed by atoms with Gasteiger partial charge >= 0.3 is 19.2 Å². The molecule has 26 heavy (non-hydrogen) atoms. The third-order valence-corrected chi connectivity index (χ3v) is 5.45. The number of aliphatic carboxylic acids is 1. The molecular formula is C18H28NO6P. The fourth-order valence-corrected chi connectivity index (χ4v) is 3.63. The number of benzene rings is 1. The number of carboxylic acids is 1. The quantitative estimate of drug-likeness (QED) is 0.566. The van der Waals surface area contributed by atoms with Gasteiger partial charge < -0.3 is 14.4 Å². The molecule has 1 rings (SSSR count). The van der Waals surface area contributed by atoms with Gasteiger partial charge in [-0.25, -0.2) is 14.4 Å². The Hall–Kier alpha value is -1.85. The van der Waals surface area contributed by atoms with E-state index in [1.165, 1.54) is 6.92 Å². The summed E-state index contributed by atoms with van der Waals surface area (Å²) < 4.78 is 23.8. The topological polar surface area (TPSA) is 102 Å². The number of ether oxygens (including phenoxy) is 1. The monoisotopic (exact) mass is 385 g/mol. The van der Waals surface area contributed by atoms with Crippen LogP contribution < -0.4 is 9.61 Å². The zero-order valence-electron chi connectivity index (χ0n) is 15.9. The van der Waals surface area contributed by atoms with E-state index >= 15 is 0 Å². The third-order valence-electron chi connectivity index (χ3n) is 3.66. The van der Waals surface area contributed by atoms with Crippen molar-refractivity contribution in [3.63, 3.8) is 0 Å². The van der Waals surface area contributed by atoms with Crippen molar-refractivity contribution in [2.45, 2.75) is 53.0 Å². The molecule has 0 bridgehead atoms. The minimum absolute atomic E-state index is 0.0634. The van der Waals surface area contributed by atoms with Gasteiger partial charge in [0, 0.05) is 0 Å². The SMILES string of the molecule is CC(C)CCOC(=O)P(=O)(NC(C)C(=O)O)Oc1ccccc1C(C)C. The van der Waals surface area contributed by atoms with Crippen molar-refractivity contribution in [3.8, 4) is 5.75 Å². The van der Waals surface area contributed by atoms with Crippen LogP contribution >= 0.6 is 7.52 Å². The standard InChI is InChI=1S/C18H28NO6P/c1-12(2)10-11-24-18(22)26(23,19-14(5)17(20)21)25-16-9-7-6-8-15(16)13(3)4/h6-9,12-14H,10-11H2,1-5H3,(H,19,23)(H,20,21). The molecule has 7 nitrogen and oxygen atoms in total. The Kier molecular flexibility index (Phi) is 8.31. The largest absolute Gasteiger partial charge is 0.480 e. The zero-order valence-corrected chi connectivity index (χ0v) is 16.8. The maximum Gasteiger partial charge on any atom is 0.424 e. The summed E-state index contributed by atoms with van der Waals surface area (Å²) in [7, 11) is -4.26. The molecule has 1 aromatic carbocycles. The summed E-state index contributed by atoms with van der Waals surface area (Å²) in [5.41, 5.74) is -0.322. The van der Waals surface area contributed by atoms with Gasteiger partial charge in [0.2, 0.25) is 0 Å². The molecule has 146 valence electrons. The van der Waals surface area contributed by atoms with Gasteiger partial charge in [-0.15, -0.1) is 0 Å². The van der Waals surface area contributed by atoms with Crippen LogP contribution in [0, 0.1) is 5.92 Å². The molecule has 2 unspecified atom stereocenters. The summed E-state index contributed by atoms with van der Waals surface area (Å²) in [5, 5.41) is 11.4. The van der Waals surface area contributed by atoms with Crippen molar-refractivity contribution in [2.75, 3.05) is 6.61 Å². The molecule has 0 heterocycles. The van der Waals surface area contributed by atoms with Gasteiger partial charge in [-0.05, 0) is 36.8 Å². The third kappa shape index (κ3) is 6.46. The Balaban J connectivity index is 3.10. The van der Waals surface area contributed by atoms with Crippen molar-refractivity contribution in [2.24, 2.45) is 5.92 Å². The summed E-state index contributed by atoms with van der Waals surface area (Å²) in [4.78, 5) is 23.6. The van der Waals surface area contributed by atoms with E-state index in [0.29, 0.717) is 12.3 Å². The van der Waals surface area contributed by atoms with Gasteiger partial charge in [0.05, 0.1) is 6.61 Å². The lowest BCUT2D eigenvalue weighted by Gasteiger charge is -2.23. The van der Waals surface area contributed by atoms with E-state index in [1.54, 1.807) is 24.3 Å². The van der Waals surface area contributed by atoms with Crippen molar-refractivity contribution < 1.29 is 28.5 Å². The second kappa shape index (κ2) is 9.74. The van der Waals surface area contributed by atoms with E-state index in [2.05, 4.69) is 5.09 Å². The van der Waals surface area contributed by atoms with Crippen LogP contribution in [0.3, 0.4) is 0 Å². The molecule has 0 aromatic heterocycles. The molecular weight excluding hydrogens is 357 g/mol. The molecule has 0 saturated carbocycles. The number of para-hydroxylation sites is 1. The summed E-state index contributed by atoms with van der Waals surface area (Å²) in [5.74, 6) is -0.623. The first-order chi connectivity index (χ1) is 12.1. The van der Waals surface area contributed by atoms with Crippen LogP contribution in [0.1, 0.15) is 52.5 Å². The highest BCUT2D eigenvalue weighted by molar-refractivity contribution is 7.74. The van der Waals surface area contributed by atoms with Crippen molar-refractivity contribution in [3.05, 3.63) is 29.8 Å². The number of carbonyl (C=O) groups excluding carboxylic acids is 1. The van der Waals surface area contributed by atoms with Gasteiger partial charge in [-0.1, -0.05) is 45.9 Å². The molecule has 1 aromatic rings. The molecule has 0 fully saturated rings. The van der Waals surface area contributed by atoms with Crippen LogP contribution in [0.15, 0.2) is 24.3 Å². The van der Waals surface area contributed by atoms with Crippen molar-refractivity contribution in [1.82, 2.24) is 5.09 Å². The first-order valence-corrected chi connectivity index (χ1v) is 10.3. The predicted molar refractivity (Wildman–Crippen MR) is 99.8 cm³/mol. The summed E-state index contributed by atoms with van der Waals surface area (Å²) in [6.07, 6.45) is 0.600. The molecule has 0 aliphatic carbocycles. The van der Waals surface area contributed by atoms with E-state index in [4.69, 9.17) is 14.4 Å². The maximum absolute atomic E-state index is 13.2. The van der Waals surface area contributed by atoms with Crippen molar-refractivity contribution >= 4 is 19.2 Å². The first-order valence-electron chi connectivity index (χ1n) is 8.63. The fraction of sp³-hybridized carbons (Fsp3) is 0.556. The average Bonchev–Trinajstić information content (AvgIpc) is 2.54. The molecule has 2 atom stereocenters. The Morgan fingerprint density at radius 2 is 1.77 bits per heavy atom. The summed E-state index contributed by atoms with van der Waals surface area (Å²) >= 11 is 0. The highest BCUT2D eigenvalue weighted by Gasteiger charge is 2.40. The van der Waals surface area contributed by atoms with Gasteiger partial charge in [-0.3, -0.25) is 4.79 Å². The van der Waals surface area contributed by atoms with Crippen LogP contribution in [0.5, 0.6) is 5.75 Å². The number of hydrogen-bond acceptors (Lipinski definition) is 5. The summed E-state index contributed by atoms with van der Waals surface area (Å²) in [6.45, 7) is 9.16. The molecule has 0 saturated heterocycles. The van der Waals surface area contributed by atoms with Crippen LogP contribution in [-0.4, -0.2) is 29.4 Å². The van der Waals surface area contributed by atoms with E-state index in [-0.39, 0.29) is 18.3 Å². The lowest BCUT2D eigenvalue weighted by Crippen LogP contribution is -2.35. The highest BCUT2D eigenvalue weighted by Crippen LogP contribution is 2.47. The molecule has 0 amide bonds. The minimum Gasteiger partial charge on any atom is -0.480 e. The van der Waals surface area contributed by atoms with E-state index < -0.39 is 25.2 Å². The van der Waals surface area contributed by atoms with Crippen molar-refractivity contribution in [1.29, 1.82) is 0 Å². The Bertz CT molecular complexity index is 673. The zero-order chi connectivity index (χ0) is 19.9. The number of nitrogens with one attached hydrogen (secondary N) is 1. The lowest BCUT2D eigenvalue weighted by molar-refractivity contribution is -0.138. The van der Waals surface area contributed by atoms with Crippen LogP contribution in [0.2, 0.25) is 0 Å². The number of rotatable bonds is 10. The Morgan fingerprint density at radius 3 is 2.31 bits per heavy atom. The van der Waals surface area contributed by atoms with Crippen LogP contribution in [-0.2, 0) is 14.1 Å². The summed E-state index contributed by atoms with van der Waals surface area (Å²) in [6, 6.07) is 5.65. The minimum atomic E-state index is -4.26. The molecule has 8 heteroatoms. The smallest absolute Gasteiger partial charge is 0.424 e. The van der Waals surface area contributed by atoms with Gasteiger partial charge in [0.25, 0.3) is 0 Å². The maximum atomic E-state index is 13.2. The Labute approximate surface area is 154 Å². The van der Waals surface area contributed by atoms with E-state index in [0.717, 1.165) is 5.56 Å². The van der Waals surface area contributed by atoms with Gasteiger partial charge in [0.1, 0.15) is 11.8 Å². The second-order valence-electron chi connectivity index (χ2n) is 6.82. The molecule has 0 spiro atoms. The first kappa shape index (κ1) is 22.2. The Morgan fingerprint density at radius 1 is 1.15 bits per heavy atom. The van der Waals surface area contributed by atoms with Gasteiger partial charge in [0.15, 0.2) is 0 Å². The van der Waals surface area contributed by atoms with E-state index in [1.807, 2.05) is 27.7 Å². The normalized spacial score (nSPS) is 14.7. The second-order valence-corrected chi connectivity index (χ2v) is 8.73. The predicted octanol–water partition coefficient (Wildman–Crippen LogP) is 4.63. The number of hydrogen-bond donors (Lipinski definition) is 2. The lowest BCUT2D eigenvalue weighted by atomic mass is 10.0. The van der Waals surface area contributed by atoms with Crippen LogP contribution in [0.4, 0.5) is 4.79 Å². The molecule has 0 radical (unpaired) electrons. The van der Waals surface area contributed by atoms with Crippen LogP contribution in [0.25, 0.3) is 0 Å². The number of carboxylic acid groups (broad SMARTS) is 1. The molecule has 2 N–H and O–H groups in total. The fourth-order valence-electron chi connectivity index (χ4n) is 2.07. The van der Waals surface area contributed by atoms with E-state index in [9.17, 15) is 14.2 Å².